The van der Waals surface area contributed by atoms with Gasteiger partial charge < -0.3 is 14.6 Å². The molecule has 0 spiro atoms. The van der Waals surface area contributed by atoms with Gasteiger partial charge in [-0.05, 0) is 38.5 Å². The average molecular weight is 380 g/mol. The highest BCUT2D eigenvalue weighted by Crippen LogP contribution is 2.23. The summed E-state index contributed by atoms with van der Waals surface area (Å²) in [6.45, 7) is 5.40. The van der Waals surface area contributed by atoms with E-state index in [1.165, 1.54) is 17.8 Å². The molecule has 0 fully saturated rings. The standard InChI is InChI=1S/C17H21FN4O3S/c1-5-25-15(23)9-14-20-21-17(22(14)4)26-11(3)16(24)19-12-7-6-10(2)13(18)8-12/h6-8,11H,5,9H2,1-4H3,(H,19,24)/t11-/m0/s1. The van der Waals surface area contributed by atoms with Crippen LogP contribution in [0.3, 0.4) is 0 Å². The normalized spacial score (nSPS) is 11.9. The SMILES string of the molecule is CCOC(=O)Cc1nnc(S[C@@H](C)C(=O)Nc2ccc(C)c(F)c2)n1C. The maximum Gasteiger partial charge on any atom is 0.313 e. The Labute approximate surface area is 155 Å². The van der Waals surface area contributed by atoms with E-state index in [2.05, 4.69) is 15.5 Å². The number of hydrogen-bond acceptors (Lipinski definition) is 6. The zero-order valence-corrected chi connectivity index (χ0v) is 15.9. The number of rotatable bonds is 7. The monoisotopic (exact) mass is 380 g/mol. The Morgan fingerprint density at radius 2 is 2.12 bits per heavy atom. The van der Waals surface area contributed by atoms with Gasteiger partial charge in [0.15, 0.2) is 5.16 Å². The van der Waals surface area contributed by atoms with Gasteiger partial charge in [0.25, 0.3) is 0 Å². The van der Waals surface area contributed by atoms with Gasteiger partial charge in [0.2, 0.25) is 5.91 Å². The van der Waals surface area contributed by atoms with Crippen LogP contribution in [0.15, 0.2) is 23.4 Å². The topological polar surface area (TPSA) is 86.1 Å². The smallest absolute Gasteiger partial charge is 0.313 e. The number of hydrogen-bond donors (Lipinski definition) is 1. The number of anilines is 1. The summed E-state index contributed by atoms with van der Waals surface area (Å²) in [5.74, 6) is -0.584. The Hall–Kier alpha value is -2.42. The van der Waals surface area contributed by atoms with Crippen LogP contribution in [0.4, 0.5) is 10.1 Å². The molecular weight excluding hydrogens is 359 g/mol. The maximum atomic E-state index is 13.6. The minimum absolute atomic E-state index is 0.0150. The number of benzene rings is 1. The molecule has 0 unspecified atom stereocenters. The second-order valence-electron chi connectivity index (χ2n) is 5.65. The number of aryl methyl sites for hydroxylation is 1. The molecule has 1 aromatic carbocycles. The number of amides is 1. The first kappa shape index (κ1) is 19.9. The lowest BCUT2D eigenvalue weighted by Crippen LogP contribution is -2.23. The first-order chi connectivity index (χ1) is 12.3. The van der Waals surface area contributed by atoms with Gasteiger partial charge in [-0.3, -0.25) is 9.59 Å². The molecule has 2 aromatic rings. The number of ether oxygens (including phenoxy) is 1. The molecule has 0 saturated heterocycles. The van der Waals surface area contributed by atoms with E-state index in [0.717, 1.165) is 0 Å². The first-order valence-electron chi connectivity index (χ1n) is 8.09. The number of thioether (sulfide) groups is 1. The first-order valence-corrected chi connectivity index (χ1v) is 8.97. The van der Waals surface area contributed by atoms with Gasteiger partial charge in [-0.25, -0.2) is 4.39 Å². The predicted molar refractivity (Wildman–Crippen MR) is 96.4 cm³/mol. The fourth-order valence-electron chi connectivity index (χ4n) is 2.07. The molecule has 1 atom stereocenters. The molecule has 140 valence electrons. The van der Waals surface area contributed by atoms with Crippen molar-refractivity contribution in [3.05, 3.63) is 35.4 Å². The summed E-state index contributed by atoms with van der Waals surface area (Å²) in [5.41, 5.74) is 0.908. The van der Waals surface area contributed by atoms with Gasteiger partial charge >= 0.3 is 5.97 Å². The van der Waals surface area contributed by atoms with Gasteiger partial charge in [0.05, 0.1) is 11.9 Å². The zero-order chi connectivity index (χ0) is 19.3. The number of esters is 1. The molecule has 1 heterocycles. The molecule has 26 heavy (non-hydrogen) atoms. The quantitative estimate of drug-likeness (QED) is 0.587. The highest BCUT2D eigenvalue weighted by molar-refractivity contribution is 8.00. The molecule has 1 amide bonds. The van der Waals surface area contributed by atoms with Crippen molar-refractivity contribution in [2.45, 2.75) is 37.6 Å². The highest BCUT2D eigenvalue weighted by atomic mass is 32.2. The predicted octanol–water partition coefficient (Wildman–Crippen LogP) is 2.49. The van der Waals surface area contributed by atoms with Crippen molar-refractivity contribution in [2.24, 2.45) is 7.05 Å². The summed E-state index contributed by atoms with van der Waals surface area (Å²) in [5, 5.41) is 10.7. The van der Waals surface area contributed by atoms with Gasteiger partial charge in [-0.15, -0.1) is 10.2 Å². The second kappa shape index (κ2) is 8.79. The van der Waals surface area contributed by atoms with E-state index >= 15 is 0 Å². The largest absolute Gasteiger partial charge is 0.466 e. The maximum absolute atomic E-state index is 13.6. The van der Waals surface area contributed by atoms with E-state index < -0.39 is 5.25 Å². The molecule has 1 N–H and O–H groups in total. The fourth-order valence-corrected chi connectivity index (χ4v) is 2.90. The lowest BCUT2D eigenvalue weighted by Gasteiger charge is -2.12. The van der Waals surface area contributed by atoms with E-state index in [1.54, 1.807) is 44.5 Å². The van der Waals surface area contributed by atoms with Crippen LogP contribution in [0.1, 0.15) is 25.2 Å². The zero-order valence-electron chi connectivity index (χ0n) is 15.1. The molecular formula is C17H21FN4O3S. The Morgan fingerprint density at radius 3 is 2.77 bits per heavy atom. The summed E-state index contributed by atoms with van der Waals surface area (Å²) in [6, 6.07) is 4.53. The Bertz CT molecular complexity index is 809. The third-order valence-electron chi connectivity index (χ3n) is 3.62. The molecule has 1 aromatic heterocycles. The van der Waals surface area contributed by atoms with Crippen LogP contribution >= 0.6 is 11.8 Å². The lowest BCUT2D eigenvalue weighted by molar-refractivity contribution is -0.142. The van der Waals surface area contributed by atoms with E-state index in [-0.39, 0.29) is 24.1 Å². The van der Waals surface area contributed by atoms with Crippen LogP contribution in [0.5, 0.6) is 0 Å². The summed E-state index contributed by atoms with van der Waals surface area (Å²) in [4.78, 5) is 23.9. The Balaban J connectivity index is 1.99. The van der Waals surface area contributed by atoms with Crippen LogP contribution in [-0.4, -0.2) is 38.5 Å². The van der Waals surface area contributed by atoms with Crippen LogP contribution < -0.4 is 5.32 Å². The molecule has 0 radical (unpaired) electrons. The van der Waals surface area contributed by atoms with Gasteiger partial charge in [-0.2, -0.15) is 0 Å². The average Bonchev–Trinajstić information content (AvgIpc) is 2.91. The summed E-state index contributed by atoms with van der Waals surface area (Å²) in [6.07, 6.45) is 0.0150. The molecule has 0 bridgehead atoms. The molecule has 0 aliphatic rings. The van der Waals surface area contributed by atoms with E-state index in [9.17, 15) is 14.0 Å². The van der Waals surface area contributed by atoms with Gasteiger partial charge in [0, 0.05) is 12.7 Å². The number of nitrogens with zero attached hydrogens (tertiary/aromatic N) is 3. The van der Waals surface area contributed by atoms with Crippen LogP contribution in [0.2, 0.25) is 0 Å². The molecule has 0 aliphatic carbocycles. The number of aromatic nitrogens is 3. The molecule has 9 heteroatoms. The van der Waals surface area contributed by atoms with E-state index in [1.807, 2.05) is 0 Å². The van der Waals surface area contributed by atoms with Crippen molar-refractivity contribution >= 4 is 29.3 Å². The van der Waals surface area contributed by atoms with Gasteiger partial charge in [0.1, 0.15) is 18.1 Å². The Kier molecular flexibility index (Phi) is 6.73. The second-order valence-corrected chi connectivity index (χ2v) is 6.96. The van der Waals surface area contributed by atoms with E-state index in [4.69, 9.17) is 4.74 Å². The minimum atomic E-state index is -0.488. The third-order valence-corrected chi connectivity index (χ3v) is 4.76. The molecule has 0 saturated carbocycles. The number of carbonyl (C=O) groups is 2. The van der Waals surface area contributed by atoms with Crippen molar-refractivity contribution in [1.29, 1.82) is 0 Å². The van der Waals surface area contributed by atoms with Crippen molar-refractivity contribution < 1.29 is 18.7 Å². The van der Waals surface area contributed by atoms with Crippen molar-refractivity contribution in [1.82, 2.24) is 14.8 Å². The molecule has 7 nitrogen and oxygen atoms in total. The highest BCUT2D eigenvalue weighted by Gasteiger charge is 2.20. The van der Waals surface area contributed by atoms with Crippen molar-refractivity contribution in [3.8, 4) is 0 Å². The molecule has 2 rings (SSSR count). The summed E-state index contributed by atoms with van der Waals surface area (Å²) >= 11 is 1.20. The van der Waals surface area contributed by atoms with E-state index in [0.29, 0.717) is 28.8 Å². The van der Waals surface area contributed by atoms with Gasteiger partial charge in [-0.1, -0.05) is 17.8 Å². The van der Waals surface area contributed by atoms with Crippen LogP contribution in [0, 0.1) is 12.7 Å². The number of nitrogens with one attached hydrogen (secondary N) is 1. The molecule has 0 aliphatic heterocycles. The third kappa shape index (κ3) is 5.04. The Morgan fingerprint density at radius 1 is 1.38 bits per heavy atom. The van der Waals surface area contributed by atoms with Crippen LogP contribution in [-0.2, 0) is 27.8 Å². The number of carbonyl (C=O) groups excluding carboxylic acids is 2. The summed E-state index contributed by atoms with van der Waals surface area (Å²) in [7, 11) is 1.72. The lowest BCUT2D eigenvalue weighted by atomic mass is 10.2. The minimum Gasteiger partial charge on any atom is -0.466 e. The van der Waals surface area contributed by atoms with Crippen molar-refractivity contribution in [3.63, 3.8) is 0 Å². The van der Waals surface area contributed by atoms with Crippen molar-refractivity contribution in [2.75, 3.05) is 11.9 Å². The fraction of sp³-hybridized carbons (Fsp3) is 0.412. The van der Waals surface area contributed by atoms with Crippen LogP contribution in [0.25, 0.3) is 0 Å². The number of halogens is 1. The summed E-state index contributed by atoms with van der Waals surface area (Å²) < 4.78 is 20.1.